The summed E-state index contributed by atoms with van der Waals surface area (Å²) in [6, 6.07) is 2.62. The molecule has 0 unspecified atom stereocenters. The first kappa shape index (κ1) is 17.9. The Morgan fingerprint density at radius 1 is 1.33 bits per heavy atom. The van der Waals surface area contributed by atoms with Crippen molar-refractivity contribution < 1.29 is 27.8 Å². The molecule has 1 aromatic carbocycles. The number of hydrogen-bond donors (Lipinski definition) is 3. The number of aliphatic hydroxyl groups is 1. The molecule has 3 N–H and O–H groups in total. The summed E-state index contributed by atoms with van der Waals surface area (Å²) in [5, 5.41) is 17.4. The second-order valence-corrected chi connectivity index (χ2v) is 7.03. The van der Waals surface area contributed by atoms with Gasteiger partial charge >= 0.3 is 5.97 Å². The highest BCUT2D eigenvalue weighted by molar-refractivity contribution is 7.99. The third-order valence-corrected chi connectivity index (χ3v) is 4.99. The number of halogens is 1. The molecular weight excluding hydrogens is 321 g/mol. The van der Waals surface area contributed by atoms with Crippen LogP contribution in [0.2, 0.25) is 0 Å². The molecule has 0 amide bonds. The number of aromatic carboxylic acids is 1. The second kappa shape index (κ2) is 8.32. The van der Waals surface area contributed by atoms with Crippen molar-refractivity contribution in [3.63, 3.8) is 0 Å². The SMILES string of the molecule is O=C(O)c1cc(S(=O)(=O)NCCSCCCO)ccc1F. The average molecular weight is 337 g/mol. The highest BCUT2D eigenvalue weighted by Gasteiger charge is 2.18. The summed E-state index contributed by atoms with van der Waals surface area (Å²) in [4.78, 5) is 10.5. The molecule has 0 radical (unpaired) electrons. The molecule has 0 saturated carbocycles. The number of thioether (sulfide) groups is 1. The predicted molar refractivity (Wildman–Crippen MR) is 77.6 cm³/mol. The molecule has 0 aliphatic rings. The Morgan fingerprint density at radius 2 is 2.05 bits per heavy atom. The quantitative estimate of drug-likeness (QED) is 0.579. The molecule has 0 bridgehead atoms. The van der Waals surface area contributed by atoms with Crippen LogP contribution in [0.1, 0.15) is 16.8 Å². The first-order valence-electron chi connectivity index (χ1n) is 6.09. The lowest BCUT2D eigenvalue weighted by Crippen LogP contribution is -2.26. The number of carboxylic acids is 1. The van der Waals surface area contributed by atoms with Crippen LogP contribution in [0.5, 0.6) is 0 Å². The number of rotatable bonds is 9. The lowest BCUT2D eigenvalue weighted by molar-refractivity contribution is 0.0691. The van der Waals surface area contributed by atoms with Crippen molar-refractivity contribution in [2.75, 3.05) is 24.7 Å². The number of benzene rings is 1. The van der Waals surface area contributed by atoms with Gasteiger partial charge in [-0.25, -0.2) is 22.3 Å². The van der Waals surface area contributed by atoms with Gasteiger partial charge in [0.15, 0.2) is 0 Å². The summed E-state index contributed by atoms with van der Waals surface area (Å²) in [5.41, 5.74) is -0.685. The van der Waals surface area contributed by atoms with E-state index in [9.17, 15) is 17.6 Å². The van der Waals surface area contributed by atoms with Crippen LogP contribution in [0.4, 0.5) is 4.39 Å². The van der Waals surface area contributed by atoms with Crippen LogP contribution in [-0.2, 0) is 10.0 Å². The first-order chi connectivity index (χ1) is 9.88. The maximum atomic E-state index is 13.2. The maximum Gasteiger partial charge on any atom is 0.338 e. The van der Waals surface area contributed by atoms with Crippen LogP contribution in [0, 0.1) is 5.82 Å². The summed E-state index contributed by atoms with van der Waals surface area (Å²) < 4.78 is 39.4. The molecule has 0 atom stereocenters. The van der Waals surface area contributed by atoms with Crippen molar-refractivity contribution in [3.05, 3.63) is 29.6 Å². The van der Waals surface area contributed by atoms with Crippen LogP contribution in [-0.4, -0.2) is 49.3 Å². The highest BCUT2D eigenvalue weighted by atomic mass is 32.2. The molecule has 1 aromatic rings. The van der Waals surface area contributed by atoms with Crippen molar-refractivity contribution in [1.29, 1.82) is 0 Å². The Labute approximate surface area is 126 Å². The van der Waals surface area contributed by atoms with Crippen molar-refractivity contribution in [3.8, 4) is 0 Å². The Morgan fingerprint density at radius 3 is 2.67 bits per heavy atom. The highest BCUT2D eigenvalue weighted by Crippen LogP contribution is 2.15. The summed E-state index contributed by atoms with van der Waals surface area (Å²) >= 11 is 1.48. The fourth-order valence-corrected chi connectivity index (χ4v) is 3.41. The van der Waals surface area contributed by atoms with E-state index in [1.807, 2.05) is 0 Å². The monoisotopic (exact) mass is 337 g/mol. The molecule has 0 aliphatic carbocycles. The van der Waals surface area contributed by atoms with Gasteiger partial charge in [-0.3, -0.25) is 0 Å². The largest absolute Gasteiger partial charge is 0.478 e. The average Bonchev–Trinajstić information content (AvgIpc) is 2.42. The Kier molecular flexibility index (Phi) is 7.09. The van der Waals surface area contributed by atoms with E-state index in [0.717, 1.165) is 24.0 Å². The molecule has 0 saturated heterocycles. The fourth-order valence-electron chi connectivity index (χ4n) is 1.44. The molecule has 1 rings (SSSR count). The van der Waals surface area contributed by atoms with E-state index in [1.165, 1.54) is 11.8 Å². The van der Waals surface area contributed by atoms with Gasteiger partial charge in [0.2, 0.25) is 10.0 Å². The first-order valence-corrected chi connectivity index (χ1v) is 8.73. The molecule has 0 aromatic heterocycles. The van der Waals surface area contributed by atoms with E-state index in [1.54, 1.807) is 0 Å². The number of carboxylic acid groups (broad SMARTS) is 1. The molecule has 118 valence electrons. The molecule has 0 heterocycles. The van der Waals surface area contributed by atoms with Crippen LogP contribution in [0.15, 0.2) is 23.1 Å². The van der Waals surface area contributed by atoms with Gasteiger partial charge in [-0.15, -0.1) is 0 Å². The number of aliphatic hydroxyl groups excluding tert-OH is 1. The van der Waals surface area contributed by atoms with Gasteiger partial charge in [-0.2, -0.15) is 11.8 Å². The van der Waals surface area contributed by atoms with Crippen molar-refractivity contribution in [2.24, 2.45) is 0 Å². The topological polar surface area (TPSA) is 104 Å². The summed E-state index contributed by atoms with van der Waals surface area (Å²) in [6.45, 7) is 0.254. The third kappa shape index (κ3) is 5.62. The van der Waals surface area contributed by atoms with Crippen LogP contribution in [0.25, 0.3) is 0 Å². The van der Waals surface area contributed by atoms with Crippen molar-refractivity contribution in [1.82, 2.24) is 4.72 Å². The number of nitrogens with one attached hydrogen (secondary N) is 1. The minimum absolute atomic E-state index is 0.0896. The molecule has 9 heteroatoms. The van der Waals surface area contributed by atoms with Crippen LogP contribution < -0.4 is 4.72 Å². The number of sulfonamides is 1. The number of hydrogen-bond acceptors (Lipinski definition) is 5. The molecular formula is C12H16FNO5S2. The predicted octanol–water partition coefficient (Wildman–Crippen LogP) is 0.918. The van der Waals surface area contributed by atoms with E-state index in [4.69, 9.17) is 10.2 Å². The lowest BCUT2D eigenvalue weighted by atomic mass is 10.2. The number of carbonyl (C=O) groups is 1. The van der Waals surface area contributed by atoms with E-state index in [2.05, 4.69) is 4.72 Å². The third-order valence-electron chi connectivity index (χ3n) is 2.46. The van der Waals surface area contributed by atoms with E-state index in [0.29, 0.717) is 12.2 Å². The van der Waals surface area contributed by atoms with Crippen molar-refractivity contribution >= 4 is 27.8 Å². The van der Waals surface area contributed by atoms with Gasteiger partial charge in [0, 0.05) is 18.9 Å². The summed E-state index contributed by atoms with van der Waals surface area (Å²) in [7, 11) is -3.87. The zero-order valence-corrected chi connectivity index (χ0v) is 12.7. The summed E-state index contributed by atoms with van der Waals surface area (Å²) in [6.07, 6.45) is 0.636. The molecule has 6 nitrogen and oxygen atoms in total. The molecule has 0 spiro atoms. The maximum absolute atomic E-state index is 13.2. The lowest BCUT2D eigenvalue weighted by Gasteiger charge is -2.07. The second-order valence-electron chi connectivity index (χ2n) is 4.03. The van der Waals surface area contributed by atoms with Gasteiger partial charge in [0.05, 0.1) is 10.5 Å². The van der Waals surface area contributed by atoms with E-state index >= 15 is 0 Å². The zero-order valence-electron chi connectivity index (χ0n) is 11.1. The Bertz CT molecular complexity index is 591. The summed E-state index contributed by atoms with van der Waals surface area (Å²) in [5.74, 6) is -1.27. The van der Waals surface area contributed by atoms with E-state index < -0.39 is 27.4 Å². The zero-order chi connectivity index (χ0) is 15.9. The standard InChI is InChI=1S/C12H16FNO5S2/c13-11-3-2-9(8-10(11)12(16)17)21(18,19)14-4-7-20-6-1-5-15/h2-3,8,14-15H,1,4-7H2,(H,16,17). The van der Waals surface area contributed by atoms with E-state index in [-0.39, 0.29) is 18.0 Å². The van der Waals surface area contributed by atoms with Crippen LogP contribution in [0.3, 0.4) is 0 Å². The van der Waals surface area contributed by atoms with Gasteiger partial charge in [-0.1, -0.05) is 0 Å². The van der Waals surface area contributed by atoms with Gasteiger partial charge in [0.25, 0.3) is 0 Å². The van der Waals surface area contributed by atoms with Gasteiger partial charge in [-0.05, 0) is 30.4 Å². The minimum Gasteiger partial charge on any atom is -0.478 e. The van der Waals surface area contributed by atoms with Gasteiger partial charge < -0.3 is 10.2 Å². The van der Waals surface area contributed by atoms with Crippen molar-refractivity contribution in [2.45, 2.75) is 11.3 Å². The fraction of sp³-hybridized carbons (Fsp3) is 0.417. The Hall–Kier alpha value is -1.16. The van der Waals surface area contributed by atoms with Crippen LogP contribution >= 0.6 is 11.8 Å². The minimum atomic E-state index is -3.87. The van der Waals surface area contributed by atoms with Gasteiger partial charge in [0.1, 0.15) is 5.82 Å². The normalized spacial score (nSPS) is 11.5. The molecule has 0 fully saturated rings. The molecule has 21 heavy (non-hydrogen) atoms. The Balaban J connectivity index is 2.66. The smallest absolute Gasteiger partial charge is 0.338 e. The molecule has 0 aliphatic heterocycles.